The molecular weight excluding hydrogens is 322 g/mol. The summed E-state index contributed by atoms with van der Waals surface area (Å²) in [4.78, 5) is 32.9. The largest absolute Gasteiger partial charge is 0.330 e. The highest BCUT2D eigenvalue weighted by molar-refractivity contribution is 7.98. The lowest BCUT2D eigenvalue weighted by atomic mass is 10.1. The summed E-state index contributed by atoms with van der Waals surface area (Å²) in [5.41, 5.74) is 1.43. The Hall–Kier alpha value is -2.34. The van der Waals surface area contributed by atoms with Crippen molar-refractivity contribution in [1.29, 1.82) is 0 Å². The highest BCUT2D eigenvalue weighted by Crippen LogP contribution is 2.24. The number of aromatic nitrogens is 1. The Balaban J connectivity index is 1.76. The number of carbonyl (C=O) groups excluding carboxylic acids is 2. The lowest BCUT2D eigenvalue weighted by Gasteiger charge is -2.24. The molecule has 0 N–H and O–H groups in total. The van der Waals surface area contributed by atoms with Crippen molar-refractivity contribution in [2.24, 2.45) is 0 Å². The van der Waals surface area contributed by atoms with Gasteiger partial charge in [0.2, 0.25) is 5.91 Å². The van der Waals surface area contributed by atoms with Gasteiger partial charge in [-0.3, -0.25) is 9.59 Å². The third kappa shape index (κ3) is 3.14. The van der Waals surface area contributed by atoms with Crippen molar-refractivity contribution in [2.45, 2.75) is 17.5 Å². The molecule has 1 saturated heterocycles. The van der Waals surface area contributed by atoms with Gasteiger partial charge in [-0.15, -0.1) is 11.8 Å². The van der Waals surface area contributed by atoms with Gasteiger partial charge in [0.1, 0.15) is 6.04 Å². The van der Waals surface area contributed by atoms with E-state index >= 15 is 0 Å². The number of rotatable bonds is 4. The number of thioether (sulfide) groups is 1. The zero-order valence-corrected chi connectivity index (χ0v) is 14.5. The van der Waals surface area contributed by atoms with Crippen LogP contribution < -0.4 is 4.90 Å². The zero-order chi connectivity index (χ0) is 17.1. The van der Waals surface area contributed by atoms with Crippen LogP contribution in [0.3, 0.4) is 0 Å². The quantitative estimate of drug-likeness (QED) is 0.803. The smallest absolute Gasteiger partial charge is 0.254 e. The second-order valence-electron chi connectivity index (χ2n) is 5.63. The molecule has 2 amide bonds. The van der Waals surface area contributed by atoms with Crippen molar-refractivity contribution in [3.8, 4) is 0 Å². The predicted molar refractivity (Wildman–Crippen MR) is 95.3 cm³/mol. The first-order valence-electron chi connectivity index (χ1n) is 7.75. The standard InChI is InChI=1S/C18H19N3O2S/c1-20(17(22)13-8-10-19-16(12-13)24-2)15-9-11-21(18(15)23)14-6-4-3-5-7-14/h3-8,10,12,15H,9,11H2,1-2H3/t15-/m0/s1. The van der Waals surface area contributed by atoms with Crippen LogP contribution in [0.1, 0.15) is 16.8 Å². The van der Waals surface area contributed by atoms with Crippen LogP contribution in [0.15, 0.2) is 53.7 Å². The van der Waals surface area contributed by atoms with Gasteiger partial charge >= 0.3 is 0 Å². The van der Waals surface area contributed by atoms with Gasteiger partial charge in [-0.1, -0.05) is 18.2 Å². The summed E-state index contributed by atoms with van der Waals surface area (Å²) in [7, 11) is 1.69. The molecule has 124 valence electrons. The fourth-order valence-electron chi connectivity index (χ4n) is 2.89. The Labute approximate surface area is 145 Å². The summed E-state index contributed by atoms with van der Waals surface area (Å²) in [6.45, 7) is 0.623. The number of benzene rings is 1. The van der Waals surface area contributed by atoms with E-state index < -0.39 is 6.04 Å². The van der Waals surface area contributed by atoms with E-state index in [1.54, 1.807) is 35.2 Å². The lowest BCUT2D eigenvalue weighted by molar-refractivity contribution is -0.120. The molecule has 1 fully saturated rings. The van der Waals surface area contributed by atoms with Gasteiger partial charge in [0.05, 0.1) is 5.03 Å². The first kappa shape index (κ1) is 16.5. The molecule has 1 aromatic carbocycles. The van der Waals surface area contributed by atoms with Gasteiger partial charge in [0.25, 0.3) is 5.91 Å². The number of hydrogen-bond donors (Lipinski definition) is 0. The molecule has 0 radical (unpaired) electrons. The molecule has 2 heterocycles. The number of hydrogen-bond acceptors (Lipinski definition) is 4. The van der Waals surface area contributed by atoms with Crippen LogP contribution >= 0.6 is 11.8 Å². The third-order valence-electron chi connectivity index (χ3n) is 4.22. The molecule has 2 aromatic rings. The number of para-hydroxylation sites is 1. The molecule has 24 heavy (non-hydrogen) atoms. The van der Waals surface area contributed by atoms with Crippen molar-refractivity contribution in [2.75, 3.05) is 24.7 Å². The first-order chi connectivity index (χ1) is 11.6. The van der Waals surface area contributed by atoms with Crippen LogP contribution in [0.2, 0.25) is 0 Å². The SMILES string of the molecule is CSc1cc(C(=O)N(C)[C@H]2CCN(c3ccccc3)C2=O)ccn1. The summed E-state index contributed by atoms with van der Waals surface area (Å²) < 4.78 is 0. The second-order valence-corrected chi connectivity index (χ2v) is 6.46. The Morgan fingerprint density at radius 3 is 2.75 bits per heavy atom. The molecule has 0 unspecified atom stereocenters. The van der Waals surface area contributed by atoms with Crippen LogP contribution in [-0.2, 0) is 4.79 Å². The van der Waals surface area contributed by atoms with Crippen LogP contribution in [0, 0.1) is 0 Å². The average molecular weight is 341 g/mol. The summed E-state index contributed by atoms with van der Waals surface area (Å²) in [6.07, 6.45) is 4.18. The van der Waals surface area contributed by atoms with Crippen LogP contribution in [-0.4, -0.2) is 47.6 Å². The third-order valence-corrected chi connectivity index (χ3v) is 4.87. The number of pyridine rings is 1. The molecule has 0 aliphatic carbocycles. The highest BCUT2D eigenvalue weighted by atomic mass is 32.2. The Kier molecular flexibility index (Phi) is 4.85. The molecule has 1 aliphatic rings. The number of anilines is 1. The minimum Gasteiger partial charge on any atom is -0.330 e. The topological polar surface area (TPSA) is 53.5 Å². The summed E-state index contributed by atoms with van der Waals surface area (Å²) in [5, 5.41) is 0.790. The maximum atomic E-state index is 12.7. The number of amides is 2. The van der Waals surface area contributed by atoms with E-state index in [1.165, 1.54) is 11.8 Å². The van der Waals surface area contributed by atoms with Gasteiger partial charge in [-0.2, -0.15) is 0 Å². The number of nitrogens with zero attached hydrogens (tertiary/aromatic N) is 3. The molecule has 5 nitrogen and oxygen atoms in total. The van der Waals surface area contributed by atoms with E-state index in [0.29, 0.717) is 18.5 Å². The van der Waals surface area contributed by atoms with Gasteiger partial charge in [0, 0.05) is 31.0 Å². The van der Waals surface area contributed by atoms with Crippen molar-refractivity contribution >= 4 is 29.3 Å². The Morgan fingerprint density at radius 1 is 1.29 bits per heavy atom. The first-order valence-corrected chi connectivity index (χ1v) is 8.98. The summed E-state index contributed by atoms with van der Waals surface area (Å²) in [6, 6.07) is 12.6. The summed E-state index contributed by atoms with van der Waals surface area (Å²) >= 11 is 1.49. The van der Waals surface area contributed by atoms with Gasteiger partial charge < -0.3 is 9.80 Å². The Morgan fingerprint density at radius 2 is 2.04 bits per heavy atom. The Bertz CT molecular complexity index is 751. The molecule has 0 spiro atoms. The van der Waals surface area contributed by atoms with E-state index in [0.717, 1.165) is 10.7 Å². The van der Waals surface area contributed by atoms with E-state index in [-0.39, 0.29) is 11.8 Å². The van der Waals surface area contributed by atoms with E-state index in [1.807, 2.05) is 36.6 Å². The minimum absolute atomic E-state index is 0.0313. The maximum absolute atomic E-state index is 12.7. The predicted octanol–water partition coefficient (Wildman–Crippen LogP) is 2.68. The fourth-order valence-corrected chi connectivity index (χ4v) is 3.30. The normalized spacial score (nSPS) is 17.2. The second kappa shape index (κ2) is 7.05. The molecule has 0 bridgehead atoms. The van der Waals surface area contributed by atoms with Gasteiger partial charge in [0.15, 0.2) is 0 Å². The molecular formula is C18H19N3O2S. The number of carbonyl (C=O) groups is 2. The van der Waals surface area contributed by atoms with E-state index in [2.05, 4.69) is 4.98 Å². The molecule has 6 heteroatoms. The molecule has 0 saturated carbocycles. The van der Waals surface area contributed by atoms with Gasteiger partial charge in [-0.05, 0) is 36.9 Å². The summed E-state index contributed by atoms with van der Waals surface area (Å²) in [5.74, 6) is -0.183. The maximum Gasteiger partial charge on any atom is 0.254 e. The van der Waals surface area contributed by atoms with Crippen LogP contribution in [0.4, 0.5) is 5.69 Å². The molecule has 1 atom stereocenters. The van der Waals surface area contributed by atoms with E-state index in [4.69, 9.17) is 0 Å². The minimum atomic E-state index is -0.427. The molecule has 1 aromatic heterocycles. The van der Waals surface area contributed by atoms with E-state index in [9.17, 15) is 9.59 Å². The van der Waals surface area contributed by atoms with Crippen molar-refractivity contribution in [3.63, 3.8) is 0 Å². The van der Waals surface area contributed by atoms with Crippen molar-refractivity contribution < 1.29 is 9.59 Å². The number of likely N-dealkylation sites (N-methyl/N-ethyl adjacent to an activating group) is 1. The molecule has 1 aliphatic heterocycles. The zero-order valence-electron chi connectivity index (χ0n) is 13.7. The van der Waals surface area contributed by atoms with Crippen molar-refractivity contribution in [3.05, 3.63) is 54.2 Å². The highest BCUT2D eigenvalue weighted by Gasteiger charge is 2.37. The lowest BCUT2D eigenvalue weighted by Crippen LogP contribution is -2.43. The van der Waals surface area contributed by atoms with Crippen LogP contribution in [0.25, 0.3) is 0 Å². The fraction of sp³-hybridized carbons (Fsp3) is 0.278. The van der Waals surface area contributed by atoms with Crippen molar-refractivity contribution in [1.82, 2.24) is 9.88 Å². The average Bonchev–Trinajstić information content (AvgIpc) is 3.02. The monoisotopic (exact) mass is 341 g/mol. The van der Waals surface area contributed by atoms with Crippen LogP contribution in [0.5, 0.6) is 0 Å². The van der Waals surface area contributed by atoms with Gasteiger partial charge in [-0.25, -0.2) is 4.98 Å². The molecule has 3 rings (SSSR count).